The largest absolute Gasteiger partial charge is 0.387 e. The number of piperidine rings is 1. The van der Waals surface area contributed by atoms with Gasteiger partial charge in [-0.05, 0) is 112 Å². The molecule has 0 amide bonds. The summed E-state index contributed by atoms with van der Waals surface area (Å²) in [6, 6.07) is -0.0296. The van der Waals surface area contributed by atoms with Crippen molar-refractivity contribution >= 4 is 5.78 Å². The minimum absolute atomic E-state index is 0.0296. The molecule has 0 radical (unpaired) electrons. The van der Waals surface area contributed by atoms with E-state index in [1.54, 1.807) is 14.0 Å². The van der Waals surface area contributed by atoms with Crippen LogP contribution in [0.25, 0.3) is 0 Å². The van der Waals surface area contributed by atoms with Crippen molar-refractivity contribution in [3.8, 4) is 11.8 Å². The standard InChI is InChI=1S/C39H57NO8/c1-22-26-18-24-9-6-11-37(36(3,44)33(42)31(22)48-32(26)34(43)40-24)14-15-39(45)28-20-29(41)27-19-25(47-17-7-16-46-4)10-13-35(27,2)30(28)23-8-5-12-38(37,39)21-23/h20,22-27,30-34,40,42-45H,5,7-10,12-19,21H2,1-4H3. The van der Waals surface area contributed by atoms with Crippen LogP contribution in [0.2, 0.25) is 0 Å². The quantitative estimate of drug-likeness (QED) is 0.221. The molecule has 2 saturated heterocycles. The minimum atomic E-state index is -1.71. The van der Waals surface area contributed by atoms with Gasteiger partial charge in [0.2, 0.25) is 0 Å². The maximum Gasteiger partial charge on any atom is 0.159 e. The van der Waals surface area contributed by atoms with Gasteiger partial charge in [0.1, 0.15) is 24.0 Å². The molecule has 8 aliphatic rings. The lowest BCUT2D eigenvalue weighted by atomic mass is 9.37. The molecule has 4 saturated carbocycles. The van der Waals surface area contributed by atoms with Crippen molar-refractivity contribution in [2.24, 2.45) is 45.8 Å². The Morgan fingerprint density at radius 1 is 1.06 bits per heavy atom. The van der Waals surface area contributed by atoms with Crippen molar-refractivity contribution in [2.75, 3.05) is 20.3 Å². The van der Waals surface area contributed by atoms with Gasteiger partial charge >= 0.3 is 0 Å². The molecule has 2 aliphatic heterocycles. The van der Waals surface area contributed by atoms with Crippen molar-refractivity contribution in [1.82, 2.24) is 5.32 Å². The highest BCUT2D eigenvalue weighted by Gasteiger charge is 2.79. The Bertz CT molecular complexity index is 1400. The van der Waals surface area contributed by atoms with Gasteiger partial charge in [-0.1, -0.05) is 26.2 Å². The number of carbonyl (C=O) groups excluding carboxylic acids is 1. The van der Waals surface area contributed by atoms with Gasteiger partial charge in [-0.15, -0.1) is 5.92 Å². The van der Waals surface area contributed by atoms with Crippen LogP contribution in [-0.4, -0.2) is 94.4 Å². The third kappa shape index (κ3) is 4.36. The Morgan fingerprint density at radius 2 is 1.88 bits per heavy atom. The van der Waals surface area contributed by atoms with Crippen LogP contribution in [0.5, 0.6) is 0 Å². The van der Waals surface area contributed by atoms with E-state index in [1.807, 2.05) is 6.08 Å². The maximum absolute atomic E-state index is 14.2. The summed E-state index contributed by atoms with van der Waals surface area (Å²) in [4.78, 5) is 14.2. The van der Waals surface area contributed by atoms with Crippen molar-refractivity contribution in [3.05, 3.63) is 11.6 Å². The predicted molar refractivity (Wildman–Crippen MR) is 177 cm³/mol. The number of carbonyl (C=O) groups is 1. The summed E-state index contributed by atoms with van der Waals surface area (Å²) in [6.07, 6.45) is 7.35. The molecule has 266 valence electrons. The molecular weight excluding hydrogens is 610 g/mol. The molecule has 0 aromatic rings. The summed E-state index contributed by atoms with van der Waals surface area (Å²) >= 11 is 0. The molecule has 5 N–H and O–H groups in total. The molecule has 9 heteroatoms. The van der Waals surface area contributed by atoms with Gasteiger partial charge in [-0.2, -0.15) is 0 Å². The second kappa shape index (κ2) is 11.6. The third-order valence-corrected chi connectivity index (χ3v) is 15.6. The number of ether oxygens (including phenoxy) is 3. The minimum Gasteiger partial charge on any atom is -0.387 e. The summed E-state index contributed by atoms with van der Waals surface area (Å²) in [5, 5.41) is 52.8. The number of aliphatic hydroxyl groups excluding tert-OH is 2. The predicted octanol–water partition coefficient (Wildman–Crippen LogP) is 3.26. The second-order valence-corrected chi connectivity index (χ2v) is 17.6. The van der Waals surface area contributed by atoms with Crippen LogP contribution in [0.1, 0.15) is 97.8 Å². The zero-order valence-corrected chi connectivity index (χ0v) is 29.2. The van der Waals surface area contributed by atoms with E-state index in [-0.39, 0.29) is 52.9 Å². The van der Waals surface area contributed by atoms with E-state index in [9.17, 15) is 25.2 Å². The van der Waals surface area contributed by atoms with Crippen LogP contribution in [0.4, 0.5) is 0 Å². The number of allylic oxidation sites excluding steroid dienone is 1. The molecular formula is C39H57NO8. The number of aliphatic hydroxyl groups is 4. The van der Waals surface area contributed by atoms with E-state index in [2.05, 4.69) is 31.0 Å². The molecule has 0 aromatic carbocycles. The van der Waals surface area contributed by atoms with Crippen LogP contribution in [-0.2, 0) is 19.0 Å². The lowest BCUT2D eigenvalue weighted by Gasteiger charge is -2.67. The van der Waals surface area contributed by atoms with E-state index in [1.165, 1.54) is 0 Å². The van der Waals surface area contributed by atoms with Gasteiger partial charge in [-0.25, -0.2) is 0 Å². The fraction of sp³-hybridized carbons (Fsp3) is 0.872. The highest BCUT2D eigenvalue weighted by molar-refractivity contribution is 5.95. The molecule has 9 nitrogen and oxygen atoms in total. The average molecular weight is 668 g/mol. The van der Waals surface area contributed by atoms with Gasteiger partial charge in [-0.3, -0.25) is 10.1 Å². The summed E-state index contributed by atoms with van der Waals surface area (Å²) < 4.78 is 17.9. The Hall–Kier alpha value is -1.35. The van der Waals surface area contributed by atoms with Crippen LogP contribution in [0.3, 0.4) is 0 Å². The zero-order chi connectivity index (χ0) is 33.9. The Kier molecular flexibility index (Phi) is 8.15. The van der Waals surface area contributed by atoms with E-state index >= 15 is 0 Å². The van der Waals surface area contributed by atoms with Crippen molar-refractivity contribution in [1.29, 1.82) is 0 Å². The van der Waals surface area contributed by atoms with Gasteiger partial charge in [0, 0.05) is 44.1 Å². The highest BCUT2D eigenvalue weighted by atomic mass is 16.5. The van der Waals surface area contributed by atoms with E-state index in [4.69, 9.17) is 14.2 Å². The van der Waals surface area contributed by atoms with Crippen molar-refractivity contribution < 1.29 is 39.4 Å². The topological polar surface area (TPSA) is 138 Å². The first-order valence-corrected chi connectivity index (χ1v) is 18.9. The van der Waals surface area contributed by atoms with Gasteiger partial charge in [0.15, 0.2) is 5.78 Å². The summed E-state index contributed by atoms with van der Waals surface area (Å²) in [5.74, 6) is 7.34. The number of nitrogens with one attached hydrogen (secondary N) is 1. The molecule has 2 spiro atoms. The Balaban J connectivity index is 1.19. The van der Waals surface area contributed by atoms with Gasteiger partial charge in [0.05, 0.1) is 23.2 Å². The average Bonchev–Trinajstić information content (AvgIpc) is 3.51. The van der Waals surface area contributed by atoms with E-state index < -0.39 is 46.6 Å². The van der Waals surface area contributed by atoms with Crippen LogP contribution in [0.15, 0.2) is 11.6 Å². The molecule has 6 fully saturated rings. The molecule has 6 aliphatic carbocycles. The molecule has 5 bridgehead atoms. The van der Waals surface area contributed by atoms with Gasteiger partial charge in [0.25, 0.3) is 0 Å². The van der Waals surface area contributed by atoms with Crippen molar-refractivity contribution in [2.45, 2.75) is 146 Å². The van der Waals surface area contributed by atoms with Crippen LogP contribution < -0.4 is 5.32 Å². The monoisotopic (exact) mass is 667 g/mol. The fourth-order valence-electron chi connectivity index (χ4n) is 13.4. The molecule has 48 heavy (non-hydrogen) atoms. The van der Waals surface area contributed by atoms with Gasteiger partial charge < -0.3 is 34.6 Å². The number of fused-ring (bicyclic) bond motifs is 8. The molecule has 0 aromatic heterocycles. The molecule has 16 atom stereocenters. The number of hydrogen-bond donors (Lipinski definition) is 5. The number of methoxy groups -OCH3 is 1. The van der Waals surface area contributed by atoms with Crippen LogP contribution in [0, 0.1) is 57.7 Å². The summed E-state index contributed by atoms with van der Waals surface area (Å²) in [5.41, 5.74) is -4.37. The van der Waals surface area contributed by atoms with E-state index in [0.29, 0.717) is 51.7 Å². The number of ketones is 1. The zero-order valence-electron chi connectivity index (χ0n) is 29.2. The lowest BCUT2D eigenvalue weighted by Crippen LogP contribution is -2.70. The third-order valence-electron chi connectivity index (χ3n) is 15.6. The Labute approximate surface area is 285 Å². The first-order chi connectivity index (χ1) is 22.8. The van der Waals surface area contributed by atoms with Crippen molar-refractivity contribution in [3.63, 3.8) is 0 Å². The SMILES string of the molecule is COCCCOC1CCC2(C)C(C1)C(=O)C=C1C2C2CCCC3(C2)C1(O)CCC31C#CCC2CC3C(C)C(OC3C(O)N2)C(O)C1(C)O. The number of rotatable bonds is 5. The smallest absolute Gasteiger partial charge is 0.159 e. The first kappa shape index (κ1) is 33.8. The second-order valence-electron chi connectivity index (χ2n) is 17.6. The molecule has 2 heterocycles. The molecule has 16 unspecified atom stereocenters. The normalized spacial score (nSPS) is 55.2. The first-order valence-electron chi connectivity index (χ1n) is 18.9. The summed E-state index contributed by atoms with van der Waals surface area (Å²) in [7, 11) is 1.70. The fourth-order valence-corrected chi connectivity index (χ4v) is 13.4. The number of hydrogen-bond acceptors (Lipinski definition) is 9. The Morgan fingerprint density at radius 3 is 2.67 bits per heavy atom. The van der Waals surface area contributed by atoms with Crippen LogP contribution >= 0.6 is 0 Å². The van der Waals surface area contributed by atoms with E-state index in [0.717, 1.165) is 44.1 Å². The summed E-state index contributed by atoms with van der Waals surface area (Å²) in [6.45, 7) is 7.37. The lowest BCUT2D eigenvalue weighted by molar-refractivity contribution is -0.241. The highest BCUT2D eigenvalue weighted by Crippen LogP contribution is 2.77. The molecule has 8 rings (SSSR count). The maximum atomic E-state index is 14.2.